The highest BCUT2D eigenvalue weighted by atomic mass is 16.5. The molecule has 0 spiro atoms. The van der Waals surface area contributed by atoms with Crippen molar-refractivity contribution in [3.63, 3.8) is 0 Å². The van der Waals surface area contributed by atoms with Crippen LogP contribution in [0.15, 0.2) is 18.2 Å². The van der Waals surface area contributed by atoms with Gasteiger partial charge in [-0.2, -0.15) is 0 Å². The number of hydrogen-bond acceptors (Lipinski definition) is 3. The van der Waals surface area contributed by atoms with Crippen molar-refractivity contribution in [2.24, 2.45) is 0 Å². The molecule has 1 aromatic carbocycles. The Balaban J connectivity index is 2.02. The Bertz CT molecular complexity index is 419. The molecule has 3 nitrogen and oxygen atoms in total. The number of fused-ring (bicyclic) bond motifs is 2. The number of ether oxygens (including phenoxy) is 1. The summed E-state index contributed by atoms with van der Waals surface area (Å²) in [5.74, 6) is 0.957. The minimum Gasteiger partial charge on any atom is -0.495 e. The van der Waals surface area contributed by atoms with E-state index in [1.165, 1.54) is 37.1 Å². The molecule has 3 heteroatoms. The molecule has 0 radical (unpaired) electrons. The topological polar surface area (TPSA) is 24.5 Å². The zero-order chi connectivity index (χ0) is 11.8. The Hall–Kier alpha value is -1.38. The third kappa shape index (κ3) is 1.65. The van der Waals surface area contributed by atoms with Gasteiger partial charge in [-0.05, 0) is 25.0 Å². The summed E-state index contributed by atoms with van der Waals surface area (Å²) >= 11 is 0. The number of nitrogens with one attached hydrogen (secondary N) is 1. The molecule has 1 aliphatic heterocycles. The summed E-state index contributed by atoms with van der Waals surface area (Å²) in [5.41, 5.74) is 2.44. The number of para-hydroxylation sites is 1. The molecule has 1 aromatic rings. The summed E-state index contributed by atoms with van der Waals surface area (Å²) in [6.07, 6.45) is 5.26. The molecule has 2 aliphatic rings. The second-order valence-corrected chi connectivity index (χ2v) is 5.07. The Kier molecular flexibility index (Phi) is 2.61. The van der Waals surface area contributed by atoms with Crippen LogP contribution >= 0.6 is 0 Å². The highest BCUT2D eigenvalue weighted by molar-refractivity contribution is 5.79. The van der Waals surface area contributed by atoms with Crippen LogP contribution in [0.1, 0.15) is 25.7 Å². The monoisotopic (exact) mass is 232 g/mol. The first-order valence-electron chi connectivity index (χ1n) is 6.47. The number of nitrogens with zero attached hydrogens (tertiary/aromatic N) is 1. The van der Waals surface area contributed by atoms with E-state index in [2.05, 4.69) is 29.4 Å². The molecule has 17 heavy (non-hydrogen) atoms. The molecule has 0 saturated heterocycles. The van der Waals surface area contributed by atoms with Crippen molar-refractivity contribution in [1.29, 1.82) is 0 Å². The van der Waals surface area contributed by atoms with Crippen LogP contribution in [0.25, 0.3) is 0 Å². The second kappa shape index (κ2) is 4.13. The van der Waals surface area contributed by atoms with Gasteiger partial charge in [0.15, 0.2) is 0 Å². The molecular formula is C14H20N2O. The Morgan fingerprint density at radius 1 is 1.29 bits per heavy atom. The number of hydrogen-bond donors (Lipinski definition) is 1. The van der Waals surface area contributed by atoms with E-state index in [9.17, 15) is 0 Å². The fraction of sp³-hybridized carbons (Fsp3) is 0.571. The van der Waals surface area contributed by atoms with Crippen LogP contribution in [-0.2, 0) is 0 Å². The summed E-state index contributed by atoms with van der Waals surface area (Å²) in [5, 5.41) is 3.68. The summed E-state index contributed by atoms with van der Waals surface area (Å²) in [6, 6.07) is 7.50. The number of likely N-dealkylation sites (N-methyl/N-ethyl adjacent to an activating group) is 1. The molecule has 3 rings (SSSR count). The number of rotatable bonds is 1. The number of anilines is 2. The number of methoxy groups -OCH3 is 1. The summed E-state index contributed by atoms with van der Waals surface area (Å²) in [7, 11) is 3.95. The van der Waals surface area contributed by atoms with E-state index in [4.69, 9.17) is 4.74 Å². The van der Waals surface area contributed by atoms with Crippen LogP contribution in [0, 0.1) is 0 Å². The molecule has 1 saturated carbocycles. The molecule has 1 aliphatic carbocycles. The molecule has 2 unspecified atom stereocenters. The summed E-state index contributed by atoms with van der Waals surface area (Å²) in [6.45, 7) is 0. The van der Waals surface area contributed by atoms with E-state index in [0.29, 0.717) is 12.1 Å². The van der Waals surface area contributed by atoms with Gasteiger partial charge in [0.1, 0.15) is 11.4 Å². The van der Waals surface area contributed by atoms with Crippen LogP contribution in [0.2, 0.25) is 0 Å². The lowest BCUT2D eigenvalue weighted by Gasteiger charge is -2.45. The highest BCUT2D eigenvalue weighted by Crippen LogP contribution is 2.42. The van der Waals surface area contributed by atoms with E-state index in [1.807, 2.05) is 6.07 Å². The molecule has 1 N–H and O–H groups in total. The molecule has 1 heterocycles. The van der Waals surface area contributed by atoms with Gasteiger partial charge < -0.3 is 15.0 Å². The van der Waals surface area contributed by atoms with Gasteiger partial charge in [-0.15, -0.1) is 0 Å². The van der Waals surface area contributed by atoms with Crippen LogP contribution in [0.4, 0.5) is 11.4 Å². The second-order valence-electron chi connectivity index (χ2n) is 5.07. The van der Waals surface area contributed by atoms with Gasteiger partial charge >= 0.3 is 0 Å². The minimum atomic E-state index is 0.581. The third-order valence-electron chi connectivity index (χ3n) is 4.16. The van der Waals surface area contributed by atoms with Gasteiger partial charge in [-0.3, -0.25) is 0 Å². The first kappa shape index (κ1) is 10.8. The lowest BCUT2D eigenvalue weighted by molar-refractivity contribution is 0.377. The van der Waals surface area contributed by atoms with Crippen LogP contribution in [-0.4, -0.2) is 26.2 Å². The van der Waals surface area contributed by atoms with Crippen molar-refractivity contribution in [1.82, 2.24) is 0 Å². The van der Waals surface area contributed by atoms with Gasteiger partial charge in [0.2, 0.25) is 0 Å². The molecular weight excluding hydrogens is 212 g/mol. The van der Waals surface area contributed by atoms with Gasteiger partial charge in [-0.25, -0.2) is 0 Å². The average Bonchev–Trinajstić information content (AvgIpc) is 2.38. The smallest absolute Gasteiger partial charge is 0.144 e. The van der Waals surface area contributed by atoms with E-state index in [0.717, 1.165) is 5.75 Å². The molecule has 0 aromatic heterocycles. The zero-order valence-corrected chi connectivity index (χ0v) is 10.6. The van der Waals surface area contributed by atoms with Crippen molar-refractivity contribution in [3.8, 4) is 5.75 Å². The lowest BCUT2D eigenvalue weighted by Crippen LogP contribution is -2.50. The first-order chi connectivity index (χ1) is 8.31. The van der Waals surface area contributed by atoms with E-state index >= 15 is 0 Å². The molecule has 0 bridgehead atoms. The van der Waals surface area contributed by atoms with E-state index in [1.54, 1.807) is 7.11 Å². The van der Waals surface area contributed by atoms with Gasteiger partial charge in [0.05, 0.1) is 12.8 Å². The Labute approximate surface area is 103 Å². The van der Waals surface area contributed by atoms with Crippen molar-refractivity contribution in [2.45, 2.75) is 37.8 Å². The third-order valence-corrected chi connectivity index (χ3v) is 4.16. The predicted octanol–water partition coefficient (Wildman–Crippen LogP) is 2.87. The lowest BCUT2D eigenvalue weighted by atomic mass is 9.87. The Morgan fingerprint density at radius 2 is 2.12 bits per heavy atom. The maximum absolute atomic E-state index is 5.45. The van der Waals surface area contributed by atoms with Crippen molar-refractivity contribution >= 4 is 11.4 Å². The molecule has 1 fully saturated rings. The molecule has 92 valence electrons. The molecule has 0 amide bonds. The van der Waals surface area contributed by atoms with Gasteiger partial charge in [0.25, 0.3) is 0 Å². The largest absolute Gasteiger partial charge is 0.495 e. The van der Waals surface area contributed by atoms with E-state index < -0.39 is 0 Å². The summed E-state index contributed by atoms with van der Waals surface area (Å²) < 4.78 is 5.45. The first-order valence-corrected chi connectivity index (χ1v) is 6.47. The van der Waals surface area contributed by atoms with Crippen molar-refractivity contribution < 1.29 is 4.74 Å². The van der Waals surface area contributed by atoms with Crippen LogP contribution in [0.5, 0.6) is 5.75 Å². The fourth-order valence-electron chi connectivity index (χ4n) is 3.24. The van der Waals surface area contributed by atoms with E-state index in [-0.39, 0.29) is 0 Å². The average molecular weight is 232 g/mol. The van der Waals surface area contributed by atoms with Crippen LogP contribution in [0.3, 0.4) is 0 Å². The Morgan fingerprint density at radius 3 is 2.94 bits per heavy atom. The molecule has 2 atom stereocenters. The highest BCUT2D eigenvalue weighted by Gasteiger charge is 2.34. The summed E-state index contributed by atoms with van der Waals surface area (Å²) in [4.78, 5) is 2.43. The number of benzene rings is 1. The maximum Gasteiger partial charge on any atom is 0.144 e. The van der Waals surface area contributed by atoms with Crippen molar-refractivity contribution in [3.05, 3.63) is 18.2 Å². The quantitative estimate of drug-likeness (QED) is 0.805. The van der Waals surface area contributed by atoms with Crippen LogP contribution < -0.4 is 15.0 Å². The SMILES string of the molecule is COc1cccc2c1NC1CCCCC1N2C. The minimum absolute atomic E-state index is 0.581. The van der Waals surface area contributed by atoms with Gasteiger partial charge in [-0.1, -0.05) is 18.9 Å². The van der Waals surface area contributed by atoms with Crippen molar-refractivity contribution in [2.75, 3.05) is 24.4 Å². The predicted molar refractivity (Wildman–Crippen MR) is 71.1 cm³/mol. The standard InChI is InChI=1S/C14H20N2O/c1-16-11-7-4-3-6-10(11)15-14-12(16)8-5-9-13(14)17-2/h5,8-11,15H,3-4,6-7H2,1-2H3. The fourth-order valence-corrected chi connectivity index (χ4v) is 3.24. The maximum atomic E-state index is 5.45. The zero-order valence-electron chi connectivity index (χ0n) is 10.6. The van der Waals surface area contributed by atoms with Gasteiger partial charge in [0, 0.05) is 19.1 Å². The normalized spacial score (nSPS) is 26.8.